The van der Waals surface area contributed by atoms with E-state index in [1.807, 2.05) is 10.9 Å². The zero-order chi connectivity index (χ0) is 11.6. The topological polar surface area (TPSA) is 50.7 Å². The normalized spacial score (nSPS) is 11.7. The molecule has 2 heterocycles. The van der Waals surface area contributed by atoms with Crippen molar-refractivity contribution in [1.82, 2.24) is 14.3 Å². The van der Waals surface area contributed by atoms with E-state index in [9.17, 15) is 0 Å². The predicted octanol–water partition coefficient (Wildman–Crippen LogP) is 2.90. The van der Waals surface area contributed by atoms with Gasteiger partial charge in [0, 0.05) is 22.3 Å². The Morgan fingerprint density at radius 3 is 2.75 bits per heavy atom. The Morgan fingerprint density at radius 1 is 1.38 bits per heavy atom. The van der Waals surface area contributed by atoms with Crippen molar-refractivity contribution < 1.29 is 0 Å². The van der Waals surface area contributed by atoms with E-state index >= 15 is 0 Å². The summed E-state index contributed by atoms with van der Waals surface area (Å²) in [5.74, 6) is 0.887. The van der Waals surface area contributed by atoms with Crippen LogP contribution in [0.1, 0.15) is 32.3 Å². The average Bonchev–Trinajstić information content (AvgIpc) is 2.85. The van der Waals surface area contributed by atoms with E-state index in [4.69, 9.17) is 0 Å². The molecule has 0 saturated carbocycles. The second-order valence-corrected chi connectivity index (χ2v) is 5.98. The predicted molar refractivity (Wildman–Crippen MR) is 68.0 cm³/mol. The van der Waals surface area contributed by atoms with Crippen molar-refractivity contribution in [3.05, 3.63) is 22.4 Å². The molecule has 0 aliphatic carbocycles. The second-order valence-electron chi connectivity index (χ2n) is 4.51. The molecule has 0 spiro atoms. The van der Waals surface area contributed by atoms with Crippen LogP contribution in [-0.4, -0.2) is 14.3 Å². The van der Waals surface area contributed by atoms with Gasteiger partial charge < -0.3 is 5.32 Å². The highest BCUT2D eigenvalue weighted by atomic mass is 32.1. The van der Waals surface area contributed by atoms with Crippen molar-refractivity contribution >= 4 is 28.0 Å². The van der Waals surface area contributed by atoms with Crippen LogP contribution in [0.2, 0.25) is 0 Å². The van der Waals surface area contributed by atoms with Gasteiger partial charge in [0.1, 0.15) is 5.82 Å². The first-order chi connectivity index (χ1) is 7.55. The molecule has 0 aliphatic rings. The average molecular weight is 254 g/mol. The van der Waals surface area contributed by atoms with Gasteiger partial charge in [0.2, 0.25) is 5.13 Å². The Bertz CT molecular complexity index is 442. The molecule has 16 heavy (non-hydrogen) atoms. The molecule has 0 atom stereocenters. The van der Waals surface area contributed by atoms with Crippen LogP contribution in [0.5, 0.6) is 0 Å². The van der Waals surface area contributed by atoms with E-state index in [0.717, 1.165) is 16.6 Å². The molecule has 86 valence electrons. The van der Waals surface area contributed by atoms with Crippen molar-refractivity contribution in [2.45, 2.75) is 32.7 Å². The smallest absolute Gasteiger partial charge is 0.202 e. The van der Waals surface area contributed by atoms with Crippen LogP contribution in [0.4, 0.5) is 5.13 Å². The SMILES string of the molecule is CC(C)(C)c1nsc(NCc2cscn2)n1. The van der Waals surface area contributed by atoms with Gasteiger partial charge in [-0.15, -0.1) is 11.3 Å². The van der Waals surface area contributed by atoms with Gasteiger partial charge in [-0.05, 0) is 0 Å². The van der Waals surface area contributed by atoms with E-state index in [0.29, 0.717) is 6.54 Å². The first-order valence-corrected chi connectivity index (χ1v) is 6.72. The van der Waals surface area contributed by atoms with Crippen molar-refractivity contribution in [1.29, 1.82) is 0 Å². The summed E-state index contributed by atoms with van der Waals surface area (Å²) in [7, 11) is 0. The molecule has 0 amide bonds. The van der Waals surface area contributed by atoms with Gasteiger partial charge in [-0.1, -0.05) is 20.8 Å². The minimum atomic E-state index is 0.0110. The van der Waals surface area contributed by atoms with Crippen LogP contribution in [-0.2, 0) is 12.0 Å². The maximum Gasteiger partial charge on any atom is 0.202 e. The summed E-state index contributed by atoms with van der Waals surface area (Å²) in [5, 5.41) is 6.11. The zero-order valence-electron chi connectivity index (χ0n) is 9.52. The number of hydrogen-bond donors (Lipinski definition) is 1. The van der Waals surface area contributed by atoms with Crippen molar-refractivity contribution in [2.24, 2.45) is 0 Å². The van der Waals surface area contributed by atoms with Gasteiger partial charge >= 0.3 is 0 Å². The fourth-order valence-corrected chi connectivity index (χ4v) is 2.40. The summed E-state index contributed by atoms with van der Waals surface area (Å²) in [5.41, 5.74) is 2.88. The van der Waals surface area contributed by atoms with Crippen LogP contribution in [0, 0.1) is 0 Å². The first-order valence-electron chi connectivity index (χ1n) is 5.01. The third kappa shape index (κ3) is 2.76. The molecule has 4 nitrogen and oxygen atoms in total. The molecule has 2 aromatic rings. The fourth-order valence-electron chi connectivity index (χ4n) is 1.09. The number of nitrogens with zero attached hydrogens (tertiary/aromatic N) is 3. The molecule has 2 rings (SSSR count). The van der Waals surface area contributed by atoms with Gasteiger partial charge in [-0.3, -0.25) is 0 Å². The van der Waals surface area contributed by atoms with E-state index in [1.165, 1.54) is 11.5 Å². The third-order valence-electron chi connectivity index (χ3n) is 2.00. The van der Waals surface area contributed by atoms with Crippen LogP contribution in [0.3, 0.4) is 0 Å². The number of hydrogen-bond acceptors (Lipinski definition) is 6. The third-order valence-corrected chi connectivity index (χ3v) is 3.31. The number of thiazole rings is 1. The van der Waals surface area contributed by atoms with Gasteiger partial charge in [0.25, 0.3) is 0 Å². The lowest BCUT2D eigenvalue weighted by Crippen LogP contribution is -2.13. The Morgan fingerprint density at radius 2 is 2.19 bits per heavy atom. The van der Waals surface area contributed by atoms with Crippen LogP contribution in [0.25, 0.3) is 0 Å². The number of aromatic nitrogens is 3. The molecule has 0 aromatic carbocycles. The van der Waals surface area contributed by atoms with E-state index in [2.05, 4.69) is 40.4 Å². The lowest BCUT2D eigenvalue weighted by molar-refractivity contribution is 0.555. The van der Waals surface area contributed by atoms with Gasteiger partial charge in [0.15, 0.2) is 0 Å². The zero-order valence-corrected chi connectivity index (χ0v) is 11.2. The van der Waals surface area contributed by atoms with Gasteiger partial charge in [-0.2, -0.15) is 4.37 Å². The first kappa shape index (κ1) is 11.5. The Balaban J connectivity index is 1.98. The highest BCUT2D eigenvalue weighted by Crippen LogP contribution is 2.23. The summed E-state index contributed by atoms with van der Waals surface area (Å²) in [6, 6.07) is 0. The minimum absolute atomic E-state index is 0.0110. The molecule has 1 N–H and O–H groups in total. The molecule has 0 saturated heterocycles. The quantitative estimate of drug-likeness (QED) is 0.915. The maximum atomic E-state index is 4.45. The van der Waals surface area contributed by atoms with Gasteiger partial charge in [0.05, 0.1) is 17.7 Å². The van der Waals surface area contributed by atoms with E-state index in [-0.39, 0.29) is 5.41 Å². The standard InChI is InChI=1S/C10H14N4S2/c1-10(2,3)8-13-9(16-14-8)11-4-7-5-15-6-12-7/h5-6H,4H2,1-3H3,(H,11,13,14). The Hall–Kier alpha value is -1.01. The molecule has 6 heteroatoms. The monoisotopic (exact) mass is 254 g/mol. The fraction of sp³-hybridized carbons (Fsp3) is 0.500. The highest BCUT2D eigenvalue weighted by molar-refractivity contribution is 7.09. The molecule has 2 aromatic heterocycles. The van der Waals surface area contributed by atoms with Crippen LogP contribution < -0.4 is 5.32 Å². The van der Waals surface area contributed by atoms with E-state index in [1.54, 1.807) is 11.3 Å². The molecule has 0 fully saturated rings. The summed E-state index contributed by atoms with van der Waals surface area (Å²) in [6.07, 6.45) is 0. The maximum absolute atomic E-state index is 4.45. The Kier molecular flexibility index (Phi) is 3.20. The van der Waals surface area contributed by atoms with Crippen molar-refractivity contribution in [3.8, 4) is 0 Å². The number of nitrogens with one attached hydrogen (secondary N) is 1. The molecular weight excluding hydrogens is 240 g/mol. The Labute approximate surface area is 103 Å². The number of anilines is 1. The summed E-state index contributed by atoms with van der Waals surface area (Å²) >= 11 is 3.00. The molecule has 0 bridgehead atoms. The summed E-state index contributed by atoms with van der Waals surface area (Å²) in [4.78, 5) is 8.65. The van der Waals surface area contributed by atoms with Crippen molar-refractivity contribution in [3.63, 3.8) is 0 Å². The minimum Gasteiger partial charge on any atom is -0.355 e. The molecule has 0 radical (unpaired) electrons. The second kappa shape index (κ2) is 4.47. The summed E-state index contributed by atoms with van der Waals surface area (Å²) in [6.45, 7) is 7.04. The highest BCUT2D eigenvalue weighted by Gasteiger charge is 2.19. The van der Waals surface area contributed by atoms with Crippen molar-refractivity contribution in [2.75, 3.05) is 5.32 Å². The molecule has 0 aliphatic heterocycles. The lowest BCUT2D eigenvalue weighted by atomic mass is 9.96. The summed E-state index contributed by atoms with van der Waals surface area (Å²) < 4.78 is 4.34. The van der Waals surface area contributed by atoms with Gasteiger partial charge in [-0.25, -0.2) is 9.97 Å². The lowest BCUT2D eigenvalue weighted by Gasteiger charge is -2.12. The van der Waals surface area contributed by atoms with Crippen LogP contribution in [0.15, 0.2) is 10.9 Å². The molecular formula is C10H14N4S2. The van der Waals surface area contributed by atoms with Crippen LogP contribution >= 0.6 is 22.9 Å². The number of rotatable bonds is 3. The van der Waals surface area contributed by atoms with E-state index < -0.39 is 0 Å². The molecule has 0 unspecified atom stereocenters. The largest absolute Gasteiger partial charge is 0.355 e.